The Balaban J connectivity index is 1.60. The first kappa shape index (κ1) is 17.0. The van der Waals surface area contributed by atoms with Gasteiger partial charge in [0.15, 0.2) is 0 Å². The molecule has 1 fully saturated rings. The second kappa shape index (κ2) is 7.05. The minimum atomic E-state index is -0.204. The van der Waals surface area contributed by atoms with Crippen molar-refractivity contribution >= 4 is 33.9 Å². The van der Waals surface area contributed by atoms with Gasteiger partial charge < -0.3 is 15.2 Å². The maximum Gasteiger partial charge on any atom is 0.259 e. The van der Waals surface area contributed by atoms with Crippen molar-refractivity contribution in [1.29, 1.82) is 0 Å². The van der Waals surface area contributed by atoms with Crippen LogP contribution < -0.4 is 10.9 Å². The first-order valence-corrected chi connectivity index (χ1v) is 9.07. The van der Waals surface area contributed by atoms with E-state index < -0.39 is 0 Å². The van der Waals surface area contributed by atoms with E-state index in [2.05, 4.69) is 38.3 Å². The number of piperidine rings is 1. The number of aromatic nitrogens is 3. The van der Waals surface area contributed by atoms with Crippen LogP contribution in [0.2, 0.25) is 5.15 Å². The Bertz CT molecular complexity index is 977. The number of halogens is 1. The summed E-state index contributed by atoms with van der Waals surface area (Å²) in [6.07, 6.45) is 5.65. The van der Waals surface area contributed by atoms with Crippen molar-refractivity contribution in [3.63, 3.8) is 0 Å². The molecule has 1 aliphatic rings. The molecule has 0 aliphatic carbocycles. The summed E-state index contributed by atoms with van der Waals surface area (Å²) in [4.78, 5) is 26.1. The summed E-state index contributed by atoms with van der Waals surface area (Å²) in [6.45, 7) is 2.21. The largest absolute Gasteiger partial charge is 0.338 e. The van der Waals surface area contributed by atoms with E-state index >= 15 is 0 Å². The molecule has 0 radical (unpaired) electrons. The smallest absolute Gasteiger partial charge is 0.259 e. The SMILES string of the molecule is CN1CCC(c2ccc(Nc3nc(Cl)cc4cc[nH]c(=O)c34)cn2)CC1. The van der Waals surface area contributed by atoms with E-state index in [1.54, 1.807) is 24.5 Å². The van der Waals surface area contributed by atoms with Gasteiger partial charge in [-0.15, -0.1) is 0 Å². The van der Waals surface area contributed by atoms with Crippen LogP contribution in [0.1, 0.15) is 24.5 Å². The molecule has 1 saturated heterocycles. The molecule has 0 saturated carbocycles. The Labute approximate surface area is 156 Å². The van der Waals surface area contributed by atoms with Crippen molar-refractivity contribution in [1.82, 2.24) is 19.9 Å². The predicted molar refractivity (Wildman–Crippen MR) is 104 cm³/mol. The number of likely N-dealkylation sites (tertiary alicyclic amines) is 1. The predicted octanol–water partition coefficient (Wildman–Crippen LogP) is 3.52. The summed E-state index contributed by atoms with van der Waals surface area (Å²) in [5, 5.41) is 4.74. The number of H-pyrrole nitrogens is 1. The second-order valence-electron chi connectivity index (χ2n) is 6.74. The molecule has 0 amide bonds. The molecule has 134 valence electrons. The molecular weight excluding hydrogens is 350 g/mol. The highest BCUT2D eigenvalue weighted by Crippen LogP contribution is 2.28. The van der Waals surface area contributed by atoms with Crippen LogP contribution in [0.25, 0.3) is 10.8 Å². The zero-order valence-electron chi connectivity index (χ0n) is 14.5. The van der Waals surface area contributed by atoms with E-state index in [0.717, 1.165) is 42.7 Å². The van der Waals surface area contributed by atoms with Crippen molar-refractivity contribution in [3.05, 3.63) is 57.9 Å². The lowest BCUT2D eigenvalue weighted by Gasteiger charge is -2.28. The van der Waals surface area contributed by atoms with Crippen molar-refractivity contribution in [2.45, 2.75) is 18.8 Å². The van der Waals surface area contributed by atoms with Gasteiger partial charge in [0.25, 0.3) is 5.56 Å². The third-order valence-corrected chi connectivity index (χ3v) is 5.10. The number of nitrogens with one attached hydrogen (secondary N) is 2. The fourth-order valence-electron chi connectivity index (χ4n) is 3.43. The molecule has 7 heteroatoms. The monoisotopic (exact) mass is 369 g/mol. The van der Waals surface area contributed by atoms with Gasteiger partial charge >= 0.3 is 0 Å². The fraction of sp³-hybridized carbons (Fsp3) is 0.316. The number of hydrogen-bond acceptors (Lipinski definition) is 5. The van der Waals surface area contributed by atoms with Crippen molar-refractivity contribution < 1.29 is 0 Å². The lowest BCUT2D eigenvalue weighted by atomic mass is 9.93. The Morgan fingerprint density at radius 2 is 2.08 bits per heavy atom. The molecule has 0 bridgehead atoms. The van der Waals surface area contributed by atoms with Gasteiger partial charge in [-0.05, 0) is 62.6 Å². The molecule has 3 aromatic heterocycles. The number of rotatable bonds is 3. The van der Waals surface area contributed by atoms with E-state index in [1.807, 2.05) is 6.07 Å². The number of hydrogen-bond donors (Lipinski definition) is 2. The summed E-state index contributed by atoms with van der Waals surface area (Å²) < 4.78 is 0. The van der Waals surface area contributed by atoms with Gasteiger partial charge in [0.1, 0.15) is 11.0 Å². The summed E-state index contributed by atoms with van der Waals surface area (Å²) in [5.74, 6) is 0.941. The van der Waals surface area contributed by atoms with Crippen LogP contribution in [0.15, 0.2) is 41.5 Å². The van der Waals surface area contributed by atoms with Gasteiger partial charge in [0.2, 0.25) is 0 Å². The Morgan fingerprint density at radius 3 is 2.81 bits per heavy atom. The van der Waals surface area contributed by atoms with E-state index in [4.69, 9.17) is 11.6 Å². The normalized spacial score (nSPS) is 16.1. The maximum atomic E-state index is 12.2. The molecule has 4 heterocycles. The van der Waals surface area contributed by atoms with Gasteiger partial charge in [-0.2, -0.15) is 0 Å². The molecule has 4 rings (SSSR count). The second-order valence-corrected chi connectivity index (χ2v) is 7.13. The van der Waals surface area contributed by atoms with Gasteiger partial charge in [-0.3, -0.25) is 9.78 Å². The van der Waals surface area contributed by atoms with Crippen molar-refractivity contribution in [3.8, 4) is 0 Å². The average molecular weight is 370 g/mol. The molecule has 0 atom stereocenters. The summed E-state index contributed by atoms with van der Waals surface area (Å²) in [6, 6.07) is 7.51. The standard InChI is InChI=1S/C19H20ClN5O/c1-25-8-5-12(6-9-25)15-3-2-14(11-22-15)23-18-17-13(10-16(20)24-18)4-7-21-19(17)26/h2-4,7,10-12H,5-6,8-9H2,1H3,(H,21,26)(H,23,24). The van der Waals surface area contributed by atoms with Gasteiger partial charge in [-0.1, -0.05) is 11.6 Å². The highest BCUT2D eigenvalue weighted by atomic mass is 35.5. The molecule has 0 aromatic carbocycles. The first-order valence-electron chi connectivity index (χ1n) is 8.69. The zero-order valence-corrected chi connectivity index (χ0v) is 15.3. The minimum Gasteiger partial charge on any atom is -0.338 e. The van der Waals surface area contributed by atoms with Crippen LogP contribution in [0.5, 0.6) is 0 Å². The topological polar surface area (TPSA) is 73.9 Å². The molecule has 0 unspecified atom stereocenters. The highest BCUT2D eigenvalue weighted by Gasteiger charge is 2.19. The van der Waals surface area contributed by atoms with Gasteiger partial charge in [-0.25, -0.2) is 4.98 Å². The third kappa shape index (κ3) is 3.43. The quantitative estimate of drug-likeness (QED) is 0.691. The van der Waals surface area contributed by atoms with Crippen LogP contribution in [-0.4, -0.2) is 40.0 Å². The number of anilines is 2. The Morgan fingerprint density at radius 1 is 1.27 bits per heavy atom. The third-order valence-electron chi connectivity index (χ3n) is 4.91. The molecule has 2 N–H and O–H groups in total. The van der Waals surface area contributed by atoms with E-state index in [1.165, 1.54) is 0 Å². The van der Waals surface area contributed by atoms with Gasteiger partial charge in [0, 0.05) is 17.8 Å². The van der Waals surface area contributed by atoms with Crippen LogP contribution in [0, 0.1) is 0 Å². The Hall–Kier alpha value is -2.44. The molecule has 1 aliphatic heterocycles. The van der Waals surface area contributed by atoms with Crippen LogP contribution in [0.4, 0.5) is 11.5 Å². The van der Waals surface area contributed by atoms with E-state index in [0.29, 0.717) is 22.3 Å². The number of fused-ring (bicyclic) bond motifs is 1. The number of aromatic amines is 1. The van der Waals surface area contributed by atoms with Gasteiger partial charge in [0.05, 0.1) is 17.3 Å². The number of nitrogens with zero attached hydrogens (tertiary/aromatic N) is 3. The van der Waals surface area contributed by atoms with E-state index in [-0.39, 0.29) is 5.56 Å². The number of pyridine rings is 3. The molecule has 0 spiro atoms. The maximum absolute atomic E-state index is 12.2. The highest BCUT2D eigenvalue weighted by molar-refractivity contribution is 6.30. The van der Waals surface area contributed by atoms with E-state index in [9.17, 15) is 4.79 Å². The first-order chi connectivity index (χ1) is 12.6. The van der Waals surface area contributed by atoms with Crippen LogP contribution >= 0.6 is 11.6 Å². The van der Waals surface area contributed by atoms with Crippen LogP contribution in [0.3, 0.4) is 0 Å². The molecule has 3 aromatic rings. The summed E-state index contributed by atoms with van der Waals surface area (Å²) in [5.41, 5.74) is 1.69. The Kier molecular flexibility index (Phi) is 4.61. The summed E-state index contributed by atoms with van der Waals surface area (Å²) in [7, 11) is 2.15. The van der Waals surface area contributed by atoms with Crippen LogP contribution in [-0.2, 0) is 0 Å². The van der Waals surface area contributed by atoms with Crippen molar-refractivity contribution in [2.75, 3.05) is 25.5 Å². The summed E-state index contributed by atoms with van der Waals surface area (Å²) >= 11 is 6.10. The zero-order chi connectivity index (χ0) is 18.1. The fourth-order valence-corrected chi connectivity index (χ4v) is 3.64. The molecular formula is C19H20ClN5O. The molecule has 6 nitrogen and oxygen atoms in total. The van der Waals surface area contributed by atoms with Crippen molar-refractivity contribution in [2.24, 2.45) is 0 Å². The lowest BCUT2D eigenvalue weighted by molar-refractivity contribution is 0.253. The average Bonchev–Trinajstić information content (AvgIpc) is 2.63. The lowest BCUT2D eigenvalue weighted by Crippen LogP contribution is -2.29. The molecule has 26 heavy (non-hydrogen) atoms. The minimum absolute atomic E-state index is 0.204.